The largest absolute Gasteiger partial charge is 0.300 e. The van der Waals surface area contributed by atoms with Gasteiger partial charge in [0.1, 0.15) is 5.78 Å². The summed E-state index contributed by atoms with van der Waals surface area (Å²) in [7, 11) is 0. The standard InChI is InChI=1S/C10H14N4O/c1-8(15)2-3-14-5-9-4-12-13-10(9,6-11)7-14/h9H,2-5,7H2,1H3. The number of hydrogen-bond donors (Lipinski definition) is 0. The van der Waals surface area contributed by atoms with E-state index in [1.54, 1.807) is 6.92 Å². The fourth-order valence-electron chi connectivity index (χ4n) is 2.22. The van der Waals surface area contributed by atoms with Crippen LogP contribution in [0.15, 0.2) is 10.2 Å². The van der Waals surface area contributed by atoms with E-state index in [1.807, 2.05) is 0 Å². The van der Waals surface area contributed by atoms with E-state index in [0.29, 0.717) is 19.5 Å². The highest BCUT2D eigenvalue weighted by Crippen LogP contribution is 2.35. The monoisotopic (exact) mass is 206 g/mol. The van der Waals surface area contributed by atoms with E-state index in [1.165, 1.54) is 0 Å². The Morgan fingerprint density at radius 3 is 3.13 bits per heavy atom. The van der Waals surface area contributed by atoms with Gasteiger partial charge in [-0.05, 0) is 6.92 Å². The Balaban J connectivity index is 1.97. The van der Waals surface area contributed by atoms with Gasteiger partial charge in [0.25, 0.3) is 0 Å². The van der Waals surface area contributed by atoms with E-state index >= 15 is 0 Å². The molecule has 2 rings (SSSR count). The Morgan fingerprint density at radius 1 is 1.73 bits per heavy atom. The highest BCUT2D eigenvalue weighted by Gasteiger charge is 2.50. The first-order chi connectivity index (χ1) is 7.16. The molecule has 0 bridgehead atoms. The van der Waals surface area contributed by atoms with Gasteiger partial charge in [-0.2, -0.15) is 15.5 Å². The number of nitriles is 1. The van der Waals surface area contributed by atoms with Crippen LogP contribution in [0.1, 0.15) is 13.3 Å². The molecular formula is C10H14N4O. The van der Waals surface area contributed by atoms with Crippen LogP contribution in [-0.2, 0) is 4.79 Å². The first-order valence-electron chi connectivity index (χ1n) is 5.18. The lowest BCUT2D eigenvalue weighted by atomic mass is 9.91. The zero-order chi connectivity index (χ0) is 10.9. The molecule has 80 valence electrons. The van der Waals surface area contributed by atoms with Crippen molar-refractivity contribution < 1.29 is 4.79 Å². The highest BCUT2D eigenvalue weighted by molar-refractivity contribution is 5.75. The van der Waals surface area contributed by atoms with Crippen LogP contribution in [0.5, 0.6) is 0 Å². The fourth-order valence-corrected chi connectivity index (χ4v) is 2.22. The van der Waals surface area contributed by atoms with Crippen molar-refractivity contribution in [2.45, 2.75) is 18.9 Å². The topological polar surface area (TPSA) is 68.8 Å². The van der Waals surface area contributed by atoms with E-state index in [0.717, 1.165) is 13.1 Å². The summed E-state index contributed by atoms with van der Waals surface area (Å²) in [6.07, 6.45) is 0.561. The minimum absolute atomic E-state index is 0.194. The van der Waals surface area contributed by atoms with Crippen molar-refractivity contribution in [3.8, 4) is 6.07 Å². The van der Waals surface area contributed by atoms with Crippen molar-refractivity contribution in [3.63, 3.8) is 0 Å². The van der Waals surface area contributed by atoms with Gasteiger partial charge < -0.3 is 0 Å². The Hall–Kier alpha value is -1.28. The van der Waals surface area contributed by atoms with Crippen LogP contribution in [0, 0.1) is 17.2 Å². The zero-order valence-electron chi connectivity index (χ0n) is 8.81. The van der Waals surface area contributed by atoms with Crippen LogP contribution in [0.4, 0.5) is 0 Å². The number of ketones is 1. The molecule has 0 aromatic rings. The molecule has 0 spiro atoms. The summed E-state index contributed by atoms with van der Waals surface area (Å²) in [5.41, 5.74) is -0.614. The van der Waals surface area contributed by atoms with Crippen molar-refractivity contribution in [3.05, 3.63) is 0 Å². The molecule has 2 unspecified atom stereocenters. The van der Waals surface area contributed by atoms with Crippen LogP contribution in [0.3, 0.4) is 0 Å². The molecule has 0 saturated carbocycles. The Bertz CT molecular complexity index is 346. The maximum atomic E-state index is 10.9. The normalized spacial score (nSPS) is 34.0. The van der Waals surface area contributed by atoms with Gasteiger partial charge in [-0.3, -0.25) is 9.69 Å². The summed E-state index contributed by atoms with van der Waals surface area (Å²) < 4.78 is 0. The zero-order valence-corrected chi connectivity index (χ0v) is 8.81. The summed E-state index contributed by atoms with van der Waals surface area (Å²) in [5.74, 6) is 0.425. The molecule has 0 aliphatic carbocycles. The van der Waals surface area contributed by atoms with Crippen LogP contribution < -0.4 is 0 Å². The van der Waals surface area contributed by atoms with Crippen molar-refractivity contribution in [2.24, 2.45) is 16.1 Å². The summed E-state index contributed by atoms with van der Waals surface area (Å²) >= 11 is 0. The molecule has 2 atom stereocenters. The predicted molar refractivity (Wildman–Crippen MR) is 53.3 cm³/mol. The third-order valence-corrected chi connectivity index (χ3v) is 3.14. The van der Waals surface area contributed by atoms with Crippen LogP contribution in [-0.4, -0.2) is 42.4 Å². The number of likely N-dealkylation sites (tertiary alicyclic amines) is 1. The molecule has 15 heavy (non-hydrogen) atoms. The van der Waals surface area contributed by atoms with Gasteiger partial charge in [0.05, 0.1) is 12.6 Å². The molecule has 0 amide bonds. The molecule has 0 radical (unpaired) electrons. The summed E-state index contributed by atoms with van der Waals surface area (Å²) in [4.78, 5) is 13.0. The van der Waals surface area contributed by atoms with Crippen LogP contribution in [0.25, 0.3) is 0 Å². The van der Waals surface area contributed by atoms with E-state index in [2.05, 4.69) is 21.2 Å². The molecule has 2 aliphatic rings. The Kier molecular flexibility index (Phi) is 2.53. The Morgan fingerprint density at radius 2 is 2.53 bits per heavy atom. The van der Waals surface area contributed by atoms with Gasteiger partial charge in [-0.15, -0.1) is 0 Å². The van der Waals surface area contributed by atoms with Crippen molar-refractivity contribution >= 4 is 5.78 Å². The SMILES string of the molecule is CC(=O)CCN1CC2CN=NC2(C#N)C1. The number of carbonyl (C=O) groups is 1. The fraction of sp³-hybridized carbons (Fsp3) is 0.800. The summed E-state index contributed by atoms with van der Waals surface area (Å²) in [6, 6.07) is 2.27. The molecule has 5 heteroatoms. The van der Waals surface area contributed by atoms with E-state index in [9.17, 15) is 4.79 Å². The number of azo groups is 1. The molecule has 0 aromatic carbocycles. The summed E-state index contributed by atoms with van der Waals surface area (Å²) in [5, 5.41) is 17.1. The molecule has 5 nitrogen and oxygen atoms in total. The van der Waals surface area contributed by atoms with E-state index in [4.69, 9.17) is 5.26 Å². The minimum Gasteiger partial charge on any atom is -0.300 e. The maximum Gasteiger partial charge on any atom is 0.185 e. The molecule has 2 aliphatic heterocycles. The molecule has 2 heterocycles. The summed E-state index contributed by atoms with van der Waals surface area (Å²) in [6.45, 7) is 4.46. The van der Waals surface area contributed by atoms with Gasteiger partial charge in [-0.1, -0.05) is 0 Å². The van der Waals surface area contributed by atoms with Gasteiger partial charge >= 0.3 is 0 Å². The number of rotatable bonds is 3. The first-order valence-corrected chi connectivity index (χ1v) is 5.18. The van der Waals surface area contributed by atoms with Crippen molar-refractivity contribution in [2.75, 3.05) is 26.2 Å². The van der Waals surface area contributed by atoms with Gasteiger partial charge in [0.15, 0.2) is 5.54 Å². The van der Waals surface area contributed by atoms with Crippen molar-refractivity contribution in [1.29, 1.82) is 5.26 Å². The number of Topliss-reactive ketones (excluding diaryl/α,β-unsaturated/α-hetero) is 1. The lowest BCUT2D eigenvalue weighted by Crippen LogP contribution is -2.32. The second-order valence-corrected chi connectivity index (χ2v) is 4.34. The second-order valence-electron chi connectivity index (χ2n) is 4.34. The Labute approximate surface area is 88.8 Å². The van der Waals surface area contributed by atoms with E-state index < -0.39 is 5.54 Å². The lowest BCUT2D eigenvalue weighted by Gasteiger charge is -2.15. The molecule has 1 fully saturated rings. The van der Waals surface area contributed by atoms with Crippen LogP contribution >= 0.6 is 0 Å². The number of carbonyl (C=O) groups excluding carboxylic acids is 1. The van der Waals surface area contributed by atoms with Crippen LogP contribution in [0.2, 0.25) is 0 Å². The maximum absolute atomic E-state index is 10.9. The second kappa shape index (κ2) is 3.70. The average Bonchev–Trinajstić information content (AvgIpc) is 2.70. The lowest BCUT2D eigenvalue weighted by molar-refractivity contribution is -0.117. The molecule has 0 aromatic heterocycles. The predicted octanol–water partition coefficient (Wildman–Crippen LogP) is 0.625. The van der Waals surface area contributed by atoms with E-state index in [-0.39, 0.29) is 11.7 Å². The van der Waals surface area contributed by atoms with Gasteiger partial charge in [0.2, 0.25) is 0 Å². The third kappa shape index (κ3) is 1.77. The average molecular weight is 206 g/mol. The number of fused-ring (bicyclic) bond motifs is 1. The number of nitrogens with zero attached hydrogens (tertiary/aromatic N) is 4. The first kappa shape index (κ1) is 10.2. The van der Waals surface area contributed by atoms with Gasteiger partial charge in [0, 0.05) is 32.0 Å². The highest BCUT2D eigenvalue weighted by atomic mass is 16.1. The third-order valence-electron chi connectivity index (χ3n) is 3.14. The molecule has 1 saturated heterocycles. The molecular weight excluding hydrogens is 192 g/mol. The smallest absolute Gasteiger partial charge is 0.185 e. The quantitative estimate of drug-likeness (QED) is 0.680. The van der Waals surface area contributed by atoms with Crippen molar-refractivity contribution in [1.82, 2.24) is 4.90 Å². The van der Waals surface area contributed by atoms with Gasteiger partial charge in [-0.25, -0.2) is 0 Å². The minimum atomic E-state index is -0.614. The molecule has 0 N–H and O–H groups in total. The number of hydrogen-bond acceptors (Lipinski definition) is 5.